The van der Waals surface area contributed by atoms with Crippen molar-refractivity contribution >= 4 is 21.6 Å². The van der Waals surface area contributed by atoms with Gasteiger partial charge in [-0.15, -0.1) is 0 Å². The molecule has 0 saturated carbocycles. The third-order valence-corrected chi connectivity index (χ3v) is 4.28. The molecule has 114 valence electrons. The second-order valence-corrected chi connectivity index (χ2v) is 6.22. The van der Waals surface area contributed by atoms with Crippen LogP contribution in [-0.4, -0.2) is 14.3 Å². The van der Waals surface area contributed by atoms with E-state index in [4.69, 9.17) is 0 Å². The number of rotatable bonds is 6. The average molecular weight is 316 g/mol. The maximum Gasteiger partial charge on any atom is 0.261 e. The molecule has 0 heterocycles. The lowest BCUT2D eigenvalue weighted by Crippen LogP contribution is -2.20. The summed E-state index contributed by atoms with van der Waals surface area (Å²) in [6.07, 6.45) is 1.18. The Kier molecular flexibility index (Phi) is 4.95. The fourth-order valence-corrected chi connectivity index (χ4v) is 2.89. The monoisotopic (exact) mass is 316 g/mol. The van der Waals surface area contributed by atoms with Gasteiger partial charge >= 0.3 is 0 Å². The zero-order valence-corrected chi connectivity index (χ0v) is 12.6. The van der Waals surface area contributed by atoms with E-state index in [-0.39, 0.29) is 10.8 Å². The number of hydrogen-bond acceptors (Lipinski definition) is 3. The summed E-state index contributed by atoms with van der Waals surface area (Å²) >= 11 is 0. The van der Waals surface area contributed by atoms with Crippen LogP contribution in [0.2, 0.25) is 0 Å². The summed E-state index contributed by atoms with van der Waals surface area (Å²) in [5.74, 6) is -0.282. The maximum atomic E-state index is 12.2. The Labute approximate surface area is 129 Å². The van der Waals surface area contributed by atoms with Crippen LogP contribution in [0, 0.1) is 0 Å². The minimum absolute atomic E-state index is 0.195. The SMILES string of the molecule is C=CC(=O)NCc1cccc(NS(=O)(=O)c2ccccc2)c1. The van der Waals surface area contributed by atoms with E-state index in [0.717, 1.165) is 5.56 Å². The molecule has 0 unspecified atom stereocenters. The number of anilines is 1. The number of sulfonamides is 1. The minimum atomic E-state index is -3.62. The van der Waals surface area contributed by atoms with Gasteiger partial charge in [-0.25, -0.2) is 8.42 Å². The van der Waals surface area contributed by atoms with E-state index in [2.05, 4.69) is 16.6 Å². The van der Waals surface area contributed by atoms with Crippen LogP contribution in [0.1, 0.15) is 5.56 Å². The highest BCUT2D eigenvalue weighted by Gasteiger charge is 2.13. The Balaban J connectivity index is 2.13. The molecule has 22 heavy (non-hydrogen) atoms. The molecule has 2 rings (SSSR count). The highest BCUT2D eigenvalue weighted by Crippen LogP contribution is 2.17. The van der Waals surface area contributed by atoms with Crippen molar-refractivity contribution in [2.24, 2.45) is 0 Å². The molecule has 6 heteroatoms. The summed E-state index contributed by atoms with van der Waals surface area (Å²) in [6, 6.07) is 15.0. The fourth-order valence-electron chi connectivity index (χ4n) is 1.82. The van der Waals surface area contributed by atoms with Gasteiger partial charge in [0.05, 0.1) is 4.90 Å². The van der Waals surface area contributed by atoms with Gasteiger partial charge in [0, 0.05) is 12.2 Å². The first-order valence-electron chi connectivity index (χ1n) is 6.58. The lowest BCUT2D eigenvalue weighted by molar-refractivity contribution is -0.116. The number of benzene rings is 2. The molecule has 0 aliphatic carbocycles. The topological polar surface area (TPSA) is 75.3 Å². The molecule has 0 aliphatic rings. The summed E-state index contributed by atoms with van der Waals surface area (Å²) in [4.78, 5) is 11.3. The lowest BCUT2D eigenvalue weighted by atomic mass is 10.2. The Morgan fingerprint density at radius 2 is 1.82 bits per heavy atom. The molecule has 2 aromatic rings. The molecule has 0 bridgehead atoms. The van der Waals surface area contributed by atoms with Gasteiger partial charge in [0.25, 0.3) is 10.0 Å². The van der Waals surface area contributed by atoms with Crippen LogP contribution in [0.5, 0.6) is 0 Å². The first-order valence-corrected chi connectivity index (χ1v) is 8.06. The molecular formula is C16H16N2O3S. The summed E-state index contributed by atoms with van der Waals surface area (Å²) in [7, 11) is -3.62. The van der Waals surface area contributed by atoms with Crippen LogP contribution in [0.15, 0.2) is 72.1 Å². The smallest absolute Gasteiger partial charge is 0.261 e. The third kappa shape index (κ3) is 4.20. The average Bonchev–Trinajstić information content (AvgIpc) is 2.53. The molecule has 0 atom stereocenters. The van der Waals surface area contributed by atoms with E-state index in [1.807, 2.05) is 0 Å². The fraction of sp³-hybridized carbons (Fsp3) is 0.0625. The highest BCUT2D eigenvalue weighted by atomic mass is 32.2. The van der Waals surface area contributed by atoms with Crippen LogP contribution in [0.25, 0.3) is 0 Å². The van der Waals surface area contributed by atoms with Crippen LogP contribution >= 0.6 is 0 Å². The third-order valence-electron chi connectivity index (χ3n) is 2.88. The Morgan fingerprint density at radius 3 is 2.50 bits per heavy atom. The van der Waals surface area contributed by atoms with E-state index >= 15 is 0 Å². The predicted molar refractivity (Wildman–Crippen MR) is 85.7 cm³/mol. The van der Waals surface area contributed by atoms with E-state index in [1.54, 1.807) is 42.5 Å². The maximum absolute atomic E-state index is 12.2. The molecule has 0 aromatic heterocycles. The largest absolute Gasteiger partial charge is 0.348 e. The minimum Gasteiger partial charge on any atom is -0.348 e. The summed E-state index contributed by atoms with van der Waals surface area (Å²) < 4.78 is 27.0. The van der Waals surface area contributed by atoms with E-state index in [0.29, 0.717) is 12.2 Å². The van der Waals surface area contributed by atoms with E-state index in [9.17, 15) is 13.2 Å². The zero-order valence-electron chi connectivity index (χ0n) is 11.8. The molecule has 0 fully saturated rings. The molecule has 1 amide bonds. The second-order valence-electron chi connectivity index (χ2n) is 4.54. The number of nitrogens with one attached hydrogen (secondary N) is 2. The molecule has 5 nitrogen and oxygen atoms in total. The van der Waals surface area contributed by atoms with Gasteiger partial charge in [0.2, 0.25) is 5.91 Å². The van der Waals surface area contributed by atoms with E-state index < -0.39 is 10.0 Å². The van der Waals surface area contributed by atoms with Crippen molar-refractivity contribution in [2.75, 3.05) is 4.72 Å². The normalized spacial score (nSPS) is 10.7. The van der Waals surface area contributed by atoms with Crippen LogP contribution < -0.4 is 10.0 Å². The van der Waals surface area contributed by atoms with Crippen LogP contribution in [0.4, 0.5) is 5.69 Å². The van der Waals surface area contributed by atoms with Gasteiger partial charge in [-0.3, -0.25) is 9.52 Å². The molecule has 0 spiro atoms. The molecule has 0 aliphatic heterocycles. The Hall–Kier alpha value is -2.60. The number of carbonyl (C=O) groups is 1. The number of carbonyl (C=O) groups excluding carboxylic acids is 1. The molecule has 0 saturated heterocycles. The van der Waals surface area contributed by atoms with E-state index in [1.165, 1.54) is 18.2 Å². The molecule has 2 aromatic carbocycles. The summed E-state index contributed by atoms with van der Waals surface area (Å²) in [5, 5.41) is 2.64. The van der Waals surface area contributed by atoms with Crippen molar-refractivity contribution in [3.05, 3.63) is 72.8 Å². The molecular weight excluding hydrogens is 300 g/mol. The first-order chi connectivity index (χ1) is 10.5. The van der Waals surface area contributed by atoms with Crippen molar-refractivity contribution in [2.45, 2.75) is 11.4 Å². The zero-order chi connectivity index (χ0) is 16.0. The van der Waals surface area contributed by atoms with Gasteiger partial charge in [-0.05, 0) is 35.9 Å². The van der Waals surface area contributed by atoms with Crippen molar-refractivity contribution in [3.8, 4) is 0 Å². The lowest BCUT2D eigenvalue weighted by Gasteiger charge is -2.10. The van der Waals surface area contributed by atoms with Crippen molar-refractivity contribution in [1.82, 2.24) is 5.32 Å². The van der Waals surface area contributed by atoms with Gasteiger partial charge < -0.3 is 5.32 Å². The Morgan fingerprint density at radius 1 is 1.09 bits per heavy atom. The second kappa shape index (κ2) is 6.91. The number of hydrogen-bond donors (Lipinski definition) is 2. The first kappa shape index (κ1) is 15.8. The number of amides is 1. The van der Waals surface area contributed by atoms with Gasteiger partial charge in [0.15, 0.2) is 0 Å². The Bertz CT molecular complexity index is 771. The standard InChI is InChI=1S/C16H16N2O3S/c1-2-16(19)17-12-13-7-6-8-14(11-13)18-22(20,21)15-9-4-3-5-10-15/h2-11,18H,1,12H2,(H,17,19). The van der Waals surface area contributed by atoms with Crippen LogP contribution in [-0.2, 0) is 21.4 Å². The van der Waals surface area contributed by atoms with Crippen molar-refractivity contribution in [3.63, 3.8) is 0 Å². The molecule has 0 radical (unpaired) electrons. The predicted octanol–water partition coefficient (Wildman–Crippen LogP) is 2.29. The summed E-state index contributed by atoms with van der Waals surface area (Å²) in [6.45, 7) is 3.67. The van der Waals surface area contributed by atoms with Gasteiger partial charge in [-0.2, -0.15) is 0 Å². The van der Waals surface area contributed by atoms with Crippen molar-refractivity contribution in [1.29, 1.82) is 0 Å². The van der Waals surface area contributed by atoms with Crippen molar-refractivity contribution < 1.29 is 13.2 Å². The molecule has 2 N–H and O–H groups in total. The quantitative estimate of drug-likeness (QED) is 0.803. The van der Waals surface area contributed by atoms with Crippen LogP contribution in [0.3, 0.4) is 0 Å². The van der Waals surface area contributed by atoms with Gasteiger partial charge in [-0.1, -0.05) is 36.9 Å². The van der Waals surface area contributed by atoms with Gasteiger partial charge in [0.1, 0.15) is 0 Å². The highest BCUT2D eigenvalue weighted by molar-refractivity contribution is 7.92. The summed E-state index contributed by atoms with van der Waals surface area (Å²) in [5.41, 5.74) is 1.22.